The molecule has 1 atom stereocenters. The maximum Gasteiger partial charge on any atom is 0.227 e. The summed E-state index contributed by atoms with van der Waals surface area (Å²) < 4.78 is 5.65. The number of thiazole rings is 1. The molecule has 0 N–H and O–H groups in total. The van der Waals surface area contributed by atoms with Gasteiger partial charge in [-0.25, -0.2) is 15.0 Å². The van der Waals surface area contributed by atoms with Gasteiger partial charge in [0.05, 0.1) is 23.2 Å². The number of amides is 1. The molecule has 8 heteroatoms. The van der Waals surface area contributed by atoms with Crippen molar-refractivity contribution >= 4 is 17.2 Å². The second kappa shape index (κ2) is 8.45. The van der Waals surface area contributed by atoms with E-state index in [0.717, 1.165) is 56.4 Å². The maximum atomic E-state index is 13.5. The van der Waals surface area contributed by atoms with E-state index in [1.807, 2.05) is 7.05 Å². The van der Waals surface area contributed by atoms with Crippen LogP contribution in [0.5, 0.6) is 0 Å². The highest BCUT2D eigenvalue weighted by Crippen LogP contribution is 2.45. The number of carbonyl (C=O) groups excluding carboxylic acids is 1. The van der Waals surface area contributed by atoms with Crippen molar-refractivity contribution in [3.05, 3.63) is 39.9 Å². The second-order valence-electron chi connectivity index (χ2n) is 8.30. The molecule has 1 spiro atoms. The van der Waals surface area contributed by atoms with E-state index in [1.165, 1.54) is 4.88 Å². The molecule has 29 heavy (non-hydrogen) atoms. The quantitative estimate of drug-likeness (QED) is 0.747. The summed E-state index contributed by atoms with van der Waals surface area (Å²) in [6.45, 7) is 8.65. The van der Waals surface area contributed by atoms with Gasteiger partial charge in [0.15, 0.2) is 0 Å². The van der Waals surface area contributed by atoms with Crippen LogP contribution in [0.15, 0.2) is 18.5 Å². The zero-order chi connectivity index (χ0) is 20.4. The van der Waals surface area contributed by atoms with E-state index in [9.17, 15) is 4.79 Å². The van der Waals surface area contributed by atoms with Crippen LogP contribution in [0.25, 0.3) is 0 Å². The van der Waals surface area contributed by atoms with E-state index in [1.54, 1.807) is 34.7 Å². The van der Waals surface area contributed by atoms with Crippen LogP contribution in [0.2, 0.25) is 0 Å². The van der Waals surface area contributed by atoms with Crippen molar-refractivity contribution in [2.75, 3.05) is 33.4 Å². The first-order valence-electron chi connectivity index (χ1n) is 10.2. The fraction of sp³-hybridized carbons (Fsp3) is 0.619. The van der Waals surface area contributed by atoms with Crippen molar-refractivity contribution < 1.29 is 9.53 Å². The molecule has 2 saturated heterocycles. The topological polar surface area (TPSA) is 71.5 Å². The van der Waals surface area contributed by atoms with Crippen LogP contribution in [-0.4, -0.2) is 64.0 Å². The molecule has 0 radical (unpaired) electrons. The third kappa shape index (κ3) is 4.34. The average molecular weight is 416 g/mol. The third-order valence-corrected chi connectivity index (χ3v) is 7.30. The summed E-state index contributed by atoms with van der Waals surface area (Å²) in [4.78, 5) is 32.2. The van der Waals surface area contributed by atoms with Crippen LogP contribution in [-0.2, 0) is 22.6 Å². The zero-order valence-electron chi connectivity index (χ0n) is 17.4. The van der Waals surface area contributed by atoms with Gasteiger partial charge in [-0.15, -0.1) is 11.3 Å². The Bertz CT molecular complexity index is 850. The van der Waals surface area contributed by atoms with Gasteiger partial charge in [0, 0.05) is 62.6 Å². The van der Waals surface area contributed by atoms with Crippen molar-refractivity contribution in [3.63, 3.8) is 0 Å². The molecule has 0 unspecified atom stereocenters. The van der Waals surface area contributed by atoms with Gasteiger partial charge in [-0.3, -0.25) is 9.69 Å². The lowest BCUT2D eigenvalue weighted by atomic mass is 9.71. The van der Waals surface area contributed by atoms with Crippen molar-refractivity contribution in [2.24, 2.45) is 11.3 Å². The zero-order valence-corrected chi connectivity index (χ0v) is 18.2. The Morgan fingerprint density at radius 1 is 1.31 bits per heavy atom. The Balaban J connectivity index is 1.51. The first kappa shape index (κ1) is 20.4. The number of nitrogens with zero attached hydrogens (tertiary/aromatic N) is 5. The van der Waals surface area contributed by atoms with Crippen LogP contribution in [0.4, 0.5) is 0 Å². The summed E-state index contributed by atoms with van der Waals surface area (Å²) in [6, 6.07) is 1.79. The molecule has 1 amide bonds. The smallest absolute Gasteiger partial charge is 0.227 e. The lowest BCUT2D eigenvalue weighted by Crippen LogP contribution is -2.45. The monoisotopic (exact) mass is 415 g/mol. The molecule has 2 aliphatic heterocycles. The first-order valence-corrected chi connectivity index (χ1v) is 11.0. The van der Waals surface area contributed by atoms with Crippen LogP contribution >= 0.6 is 11.3 Å². The summed E-state index contributed by atoms with van der Waals surface area (Å²) in [6.07, 6.45) is 5.32. The van der Waals surface area contributed by atoms with Crippen LogP contribution < -0.4 is 0 Å². The van der Waals surface area contributed by atoms with Gasteiger partial charge in [-0.05, 0) is 32.8 Å². The molecule has 2 aliphatic rings. The van der Waals surface area contributed by atoms with Gasteiger partial charge in [0.1, 0.15) is 5.82 Å². The third-order valence-electron chi connectivity index (χ3n) is 6.25. The first-order chi connectivity index (χ1) is 14.0. The van der Waals surface area contributed by atoms with Gasteiger partial charge in [0.25, 0.3) is 0 Å². The van der Waals surface area contributed by atoms with E-state index in [-0.39, 0.29) is 17.2 Å². The summed E-state index contributed by atoms with van der Waals surface area (Å²) in [5.41, 5.74) is 1.11. The van der Waals surface area contributed by atoms with E-state index in [4.69, 9.17) is 4.74 Å². The number of aryl methyl sites for hydroxylation is 2. The van der Waals surface area contributed by atoms with E-state index in [2.05, 4.69) is 33.7 Å². The Morgan fingerprint density at radius 3 is 2.69 bits per heavy atom. The second-order valence-corrected chi connectivity index (χ2v) is 9.59. The molecule has 0 aromatic carbocycles. The number of rotatable bonds is 5. The van der Waals surface area contributed by atoms with Crippen LogP contribution in [0.3, 0.4) is 0 Å². The summed E-state index contributed by atoms with van der Waals surface area (Å²) in [7, 11) is 1.87. The molecule has 4 rings (SSSR count). The molecule has 0 bridgehead atoms. The number of hydrogen-bond donors (Lipinski definition) is 0. The largest absolute Gasteiger partial charge is 0.381 e. The Morgan fingerprint density at radius 2 is 2.03 bits per heavy atom. The lowest BCUT2D eigenvalue weighted by molar-refractivity contribution is -0.140. The molecule has 7 nitrogen and oxygen atoms in total. The minimum Gasteiger partial charge on any atom is -0.381 e. The predicted octanol–water partition coefficient (Wildman–Crippen LogP) is 2.44. The van der Waals surface area contributed by atoms with E-state index < -0.39 is 0 Å². The summed E-state index contributed by atoms with van der Waals surface area (Å²) in [5.74, 6) is 0.850. The minimum absolute atomic E-state index is 0.00518. The maximum absolute atomic E-state index is 13.5. The van der Waals surface area contributed by atoms with Crippen molar-refractivity contribution in [1.29, 1.82) is 0 Å². The Labute approximate surface area is 176 Å². The van der Waals surface area contributed by atoms with Crippen molar-refractivity contribution in [1.82, 2.24) is 24.8 Å². The normalized spacial score (nSPS) is 21.6. The van der Waals surface area contributed by atoms with Gasteiger partial charge >= 0.3 is 0 Å². The predicted molar refractivity (Wildman–Crippen MR) is 111 cm³/mol. The van der Waals surface area contributed by atoms with E-state index >= 15 is 0 Å². The molecule has 156 valence electrons. The van der Waals surface area contributed by atoms with Crippen LogP contribution in [0, 0.1) is 25.2 Å². The lowest BCUT2D eigenvalue weighted by Gasteiger charge is -2.38. The molecule has 2 fully saturated rings. The van der Waals surface area contributed by atoms with Crippen molar-refractivity contribution in [2.45, 2.75) is 39.8 Å². The fourth-order valence-electron chi connectivity index (χ4n) is 4.71. The highest BCUT2D eigenvalue weighted by atomic mass is 32.1. The Hall–Kier alpha value is -1.90. The highest BCUT2D eigenvalue weighted by Gasteiger charge is 2.51. The average Bonchev–Trinajstić information content (AvgIpc) is 3.21. The molecule has 2 aromatic rings. The van der Waals surface area contributed by atoms with Crippen molar-refractivity contribution in [3.8, 4) is 0 Å². The summed E-state index contributed by atoms with van der Waals surface area (Å²) >= 11 is 1.76. The van der Waals surface area contributed by atoms with Crippen LogP contribution in [0.1, 0.15) is 34.2 Å². The SMILES string of the molecule is Cc1nc(C)c(CN2C[C@@H](C(=O)N(C)Cc3ncccn3)C3(CCOCC3)C2)s1. The minimum atomic E-state index is -0.0190. The molecule has 0 saturated carbocycles. The van der Waals surface area contributed by atoms with Gasteiger partial charge < -0.3 is 9.64 Å². The number of carbonyl (C=O) groups is 1. The molecule has 4 heterocycles. The number of likely N-dealkylation sites (tertiary alicyclic amines) is 1. The molecular weight excluding hydrogens is 386 g/mol. The summed E-state index contributed by atoms with van der Waals surface area (Å²) in [5, 5.41) is 1.10. The fourth-order valence-corrected chi connectivity index (χ4v) is 5.69. The van der Waals surface area contributed by atoms with Gasteiger partial charge in [-0.1, -0.05) is 0 Å². The number of ether oxygens (including phenoxy) is 1. The van der Waals surface area contributed by atoms with E-state index in [0.29, 0.717) is 12.4 Å². The standard InChI is InChI=1S/C21H29N5O2S/c1-15-18(29-16(2)24-15)12-26-11-17(21(14-26)5-9-28-10-6-21)20(27)25(3)13-19-22-7-4-8-23-19/h4,7-8,17H,5-6,9-14H2,1-3H3/t17-/m0/s1. The van der Waals surface area contributed by atoms with Gasteiger partial charge in [-0.2, -0.15) is 0 Å². The number of aromatic nitrogens is 3. The molecule has 0 aliphatic carbocycles. The Kier molecular flexibility index (Phi) is 5.94. The highest BCUT2D eigenvalue weighted by molar-refractivity contribution is 7.11. The number of hydrogen-bond acceptors (Lipinski definition) is 7. The molecule has 2 aromatic heterocycles. The molecular formula is C21H29N5O2S. The van der Waals surface area contributed by atoms with Gasteiger partial charge in [0.2, 0.25) is 5.91 Å².